The van der Waals surface area contributed by atoms with Gasteiger partial charge in [0.15, 0.2) is 6.10 Å². The molecule has 1 N–H and O–H groups in total. The van der Waals surface area contributed by atoms with E-state index in [2.05, 4.69) is 233 Å². The van der Waals surface area contributed by atoms with E-state index < -0.39 is 6.10 Å². The van der Waals surface area contributed by atoms with E-state index in [0.29, 0.717) is 12.8 Å². The van der Waals surface area contributed by atoms with Gasteiger partial charge in [-0.2, -0.15) is 0 Å². The standard InChI is InChI=1S/C75H112O5/c1-3-5-7-9-11-13-15-17-19-21-23-25-27-29-31-33-35-36-37-38-40-42-44-46-48-50-52-54-56-58-60-62-64-66-68-70-75(78)80-73(71-76)72-79-74(77)69-67-65-63-61-59-57-55-53-51-49-47-45-43-41-39-34-32-30-28-26-24-22-20-18-16-14-12-10-8-6-4-2/h5-8,11-14,17-20,23-26,29-32,35-36,38-41,44-47,50-53,56,58,73,76H,3-4,9-10,15-16,21-22,27-28,33-34,37,42-43,48-49,54-55,57,59-72H2,1-2H3/b7-5-,8-6-,13-11-,14-12-,19-17-,20-18-,25-23-,26-24-,31-29-,32-30-,36-35-,40-38-,41-39-,46-44-,47-45-,52-50-,53-51-,58-56-. The van der Waals surface area contributed by atoms with E-state index in [1.165, 1.54) is 19.3 Å². The van der Waals surface area contributed by atoms with Gasteiger partial charge in [0.2, 0.25) is 0 Å². The van der Waals surface area contributed by atoms with Crippen LogP contribution in [0, 0.1) is 0 Å². The third-order valence-corrected chi connectivity index (χ3v) is 12.3. The fraction of sp³-hybridized carbons (Fsp3) is 0.493. The number of carbonyl (C=O) groups is 2. The van der Waals surface area contributed by atoms with Crippen molar-refractivity contribution in [1.82, 2.24) is 0 Å². The molecule has 0 fully saturated rings. The minimum Gasteiger partial charge on any atom is -0.462 e. The highest BCUT2D eigenvalue weighted by Crippen LogP contribution is 2.12. The Bertz CT molecular complexity index is 1960. The summed E-state index contributed by atoms with van der Waals surface area (Å²) in [7, 11) is 0. The highest BCUT2D eigenvalue weighted by molar-refractivity contribution is 5.70. The van der Waals surface area contributed by atoms with Crippen LogP contribution in [0.3, 0.4) is 0 Å². The van der Waals surface area contributed by atoms with Gasteiger partial charge in [0.1, 0.15) is 6.61 Å². The molecule has 0 aliphatic carbocycles. The van der Waals surface area contributed by atoms with E-state index in [4.69, 9.17) is 9.47 Å². The van der Waals surface area contributed by atoms with Crippen LogP contribution in [-0.2, 0) is 19.1 Å². The van der Waals surface area contributed by atoms with Gasteiger partial charge >= 0.3 is 11.9 Å². The largest absolute Gasteiger partial charge is 0.462 e. The normalized spacial score (nSPS) is 13.8. The van der Waals surface area contributed by atoms with Crippen molar-refractivity contribution in [2.75, 3.05) is 13.2 Å². The second-order valence-electron chi connectivity index (χ2n) is 19.7. The molecule has 0 rings (SSSR count). The second kappa shape index (κ2) is 67.5. The van der Waals surface area contributed by atoms with Gasteiger partial charge in [-0.3, -0.25) is 9.59 Å². The molecule has 0 saturated carbocycles. The van der Waals surface area contributed by atoms with Crippen LogP contribution in [0.25, 0.3) is 0 Å². The number of hydrogen-bond donors (Lipinski definition) is 1. The zero-order chi connectivity index (χ0) is 57.6. The molecule has 0 heterocycles. The Morgan fingerprint density at radius 3 is 0.750 bits per heavy atom. The van der Waals surface area contributed by atoms with E-state index >= 15 is 0 Å². The number of hydrogen-bond acceptors (Lipinski definition) is 5. The monoisotopic (exact) mass is 1090 g/mol. The molecule has 0 spiro atoms. The number of esters is 2. The highest BCUT2D eigenvalue weighted by Gasteiger charge is 2.16. The molecule has 442 valence electrons. The quantitative estimate of drug-likeness (QED) is 0.0373. The molecule has 1 unspecified atom stereocenters. The molecule has 0 aromatic heterocycles. The van der Waals surface area contributed by atoms with Crippen molar-refractivity contribution in [3.8, 4) is 0 Å². The summed E-state index contributed by atoms with van der Waals surface area (Å²) in [5, 5.41) is 9.68. The maximum Gasteiger partial charge on any atom is 0.306 e. The van der Waals surface area contributed by atoms with Crippen LogP contribution in [0.2, 0.25) is 0 Å². The average molecular weight is 1090 g/mol. The first-order valence-corrected chi connectivity index (χ1v) is 31.3. The Kier molecular flexibility index (Phi) is 62.6. The molecule has 0 amide bonds. The second-order valence-corrected chi connectivity index (χ2v) is 19.7. The van der Waals surface area contributed by atoms with Crippen LogP contribution >= 0.6 is 0 Å². The lowest BCUT2D eigenvalue weighted by atomic mass is 10.1. The Morgan fingerprint density at radius 2 is 0.500 bits per heavy atom. The molecule has 0 aromatic carbocycles. The van der Waals surface area contributed by atoms with Gasteiger partial charge in [-0.15, -0.1) is 0 Å². The maximum absolute atomic E-state index is 12.3. The Morgan fingerprint density at radius 1 is 0.287 bits per heavy atom. The fourth-order valence-electron chi connectivity index (χ4n) is 7.66. The molecular formula is C75H112O5. The average Bonchev–Trinajstić information content (AvgIpc) is 3.46. The van der Waals surface area contributed by atoms with E-state index in [0.717, 1.165) is 173 Å². The van der Waals surface area contributed by atoms with E-state index in [1.54, 1.807) is 0 Å². The molecule has 0 bridgehead atoms. The van der Waals surface area contributed by atoms with Crippen molar-refractivity contribution in [3.63, 3.8) is 0 Å². The van der Waals surface area contributed by atoms with E-state index in [9.17, 15) is 14.7 Å². The van der Waals surface area contributed by atoms with Gasteiger partial charge in [-0.1, -0.05) is 271 Å². The molecule has 0 aliphatic heterocycles. The molecular weight excluding hydrogens is 981 g/mol. The minimum atomic E-state index is -0.813. The first kappa shape index (κ1) is 74.2. The number of carbonyl (C=O) groups excluding carboxylic acids is 2. The van der Waals surface area contributed by atoms with Gasteiger partial charge in [0.05, 0.1) is 6.61 Å². The molecule has 80 heavy (non-hydrogen) atoms. The van der Waals surface area contributed by atoms with Crippen LogP contribution in [0.4, 0.5) is 0 Å². The van der Waals surface area contributed by atoms with Crippen LogP contribution in [0.5, 0.6) is 0 Å². The Hall–Kier alpha value is -5.78. The third kappa shape index (κ3) is 64.7. The smallest absolute Gasteiger partial charge is 0.306 e. The summed E-state index contributed by atoms with van der Waals surface area (Å²) < 4.78 is 10.7. The molecule has 5 heteroatoms. The van der Waals surface area contributed by atoms with Gasteiger partial charge in [-0.05, 0) is 154 Å². The molecule has 0 aromatic rings. The molecule has 1 atom stereocenters. The molecule has 5 nitrogen and oxygen atoms in total. The topological polar surface area (TPSA) is 72.8 Å². The predicted octanol–water partition coefficient (Wildman–Crippen LogP) is 22.0. The summed E-state index contributed by atoms with van der Waals surface area (Å²) in [5.74, 6) is -0.656. The number of rotatable bonds is 54. The van der Waals surface area contributed by atoms with Crippen LogP contribution in [-0.4, -0.2) is 36.4 Å². The van der Waals surface area contributed by atoms with Crippen LogP contribution in [0.1, 0.15) is 219 Å². The van der Waals surface area contributed by atoms with Crippen LogP contribution in [0.15, 0.2) is 219 Å². The van der Waals surface area contributed by atoms with E-state index in [-0.39, 0.29) is 25.2 Å². The third-order valence-electron chi connectivity index (χ3n) is 12.3. The summed E-state index contributed by atoms with van der Waals surface area (Å²) in [6.45, 7) is 3.86. The zero-order valence-electron chi connectivity index (χ0n) is 50.5. The van der Waals surface area contributed by atoms with Gasteiger partial charge in [-0.25, -0.2) is 0 Å². The van der Waals surface area contributed by atoms with Crippen molar-refractivity contribution in [1.29, 1.82) is 0 Å². The Balaban J connectivity index is 3.70. The molecule has 0 aliphatic rings. The van der Waals surface area contributed by atoms with Crippen molar-refractivity contribution in [3.05, 3.63) is 219 Å². The lowest BCUT2D eigenvalue weighted by Crippen LogP contribution is -2.28. The lowest BCUT2D eigenvalue weighted by Gasteiger charge is -2.15. The summed E-state index contributed by atoms with van der Waals surface area (Å²) >= 11 is 0. The summed E-state index contributed by atoms with van der Waals surface area (Å²) in [6.07, 6.45) is 111. The fourth-order valence-corrected chi connectivity index (χ4v) is 7.66. The number of aliphatic hydroxyl groups excluding tert-OH is 1. The molecule has 0 radical (unpaired) electrons. The SMILES string of the molecule is CC/C=C\C/C=C\C/C=C\C/C=C\C/C=C\C/C=C\C/C=C\C/C=C\C/C=C\C/C=C\CCCCCCC(=O)OC(CO)COC(=O)CCCCCCCC/C=C\C/C=C\C/C=C\C/C=C\C/C=C\C/C=C\C/C=C\C/C=C\CC. The summed E-state index contributed by atoms with van der Waals surface area (Å²) in [4.78, 5) is 24.6. The minimum absolute atomic E-state index is 0.101. The van der Waals surface area contributed by atoms with Gasteiger partial charge in [0, 0.05) is 12.8 Å². The Labute approximate surface area is 491 Å². The van der Waals surface area contributed by atoms with Crippen molar-refractivity contribution in [2.45, 2.75) is 225 Å². The predicted molar refractivity (Wildman–Crippen MR) is 352 cm³/mol. The van der Waals surface area contributed by atoms with Crippen molar-refractivity contribution < 1.29 is 24.2 Å². The number of allylic oxidation sites excluding steroid dienone is 36. The summed E-state index contributed by atoms with van der Waals surface area (Å²) in [5.41, 5.74) is 0. The number of aliphatic hydroxyl groups is 1. The first-order chi connectivity index (χ1) is 39.6. The lowest BCUT2D eigenvalue weighted by molar-refractivity contribution is -0.161. The van der Waals surface area contributed by atoms with E-state index in [1.807, 2.05) is 0 Å². The van der Waals surface area contributed by atoms with Gasteiger partial charge in [0.25, 0.3) is 0 Å². The number of ether oxygens (including phenoxy) is 2. The molecule has 0 saturated heterocycles. The van der Waals surface area contributed by atoms with Crippen molar-refractivity contribution >= 4 is 11.9 Å². The van der Waals surface area contributed by atoms with Gasteiger partial charge < -0.3 is 14.6 Å². The highest BCUT2D eigenvalue weighted by atomic mass is 16.6. The van der Waals surface area contributed by atoms with Crippen molar-refractivity contribution in [2.24, 2.45) is 0 Å². The summed E-state index contributed by atoms with van der Waals surface area (Å²) in [6, 6.07) is 0. The number of unbranched alkanes of at least 4 members (excludes halogenated alkanes) is 10. The zero-order valence-corrected chi connectivity index (χ0v) is 50.5. The first-order valence-electron chi connectivity index (χ1n) is 31.3. The van der Waals surface area contributed by atoms with Crippen LogP contribution < -0.4 is 0 Å². The maximum atomic E-state index is 12.3.